The van der Waals surface area contributed by atoms with Crippen LogP contribution in [0.4, 0.5) is 0 Å². The number of hydrogen-bond acceptors (Lipinski definition) is 7. The summed E-state index contributed by atoms with van der Waals surface area (Å²) >= 11 is 0. The Balaban J connectivity index is 4.23. The number of carbonyl (C=O) groups is 1. The summed E-state index contributed by atoms with van der Waals surface area (Å²) < 4.78 is 14.0. The summed E-state index contributed by atoms with van der Waals surface area (Å²) in [5, 5.41) is 35.4. The van der Waals surface area contributed by atoms with Gasteiger partial charge in [0.15, 0.2) is 5.78 Å². The van der Waals surface area contributed by atoms with E-state index in [1.54, 1.807) is 0 Å². The molecule has 0 aliphatic rings. The minimum atomic E-state index is -4.85. The summed E-state index contributed by atoms with van der Waals surface area (Å²) in [7, 11) is -4.85. The third-order valence-corrected chi connectivity index (χ3v) is 2.08. The molecule has 6 N–H and O–H groups in total. The molecule has 0 saturated carbocycles. The highest BCUT2D eigenvalue weighted by atomic mass is 31.2. The lowest BCUT2D eigenvalue weighted by molar-refractivity contribution is -0.142. The van der Waals surface area contributed by atoms with Crippen LogP contribution in [0.1, 0.15) is 0 Å². The summed E-state index contributed by atoms with van der Waals surface area (Å²) in [6.45, 7) is -2.01. The van der Waals surface area contributed by atoms with Crippen LogP contribution in [0.3, 0.4) is 0 Å². The molecular weight excluding hydrogens is 247 g/mol. The summed E-state index contributed by atoms with van der Waals surface area (Å²) in [6.07, 6.45) is -5.81. The van der Waals surface area contributed by atoms with E-state index in [1.165, 1.54) is 0 Å². The maximum atomic E-state index is 11.0. The van der Waals surface area contributed by atoms with Gasteiger partial charge in [-0.05, 0) is 0 Å². The molecule has 0 aliphatic carbocycles. The monoisotopic (exact) mass is 260 g/mol. The Labute approximate surface area is 90.2 Å². The topological polar surface area (TPSA) is 165 Å². The molecule has 0 aromatic heterocycles. The van der Waals surface area contributed by atoms with E-state index in [0.717, 1.165) is 0 Å². The van der Waals surface area contributed by atoms with Crippen LogP contribution in [-0.2, 0) is 13.9 Å². The minimum Gasteiger partial charge on any atom is -0.394 e. The highest BCUT2D eigenvalue weighted by molar-refractivity contribution is 7.46. The fourth-order valence-electron chi connectivity index (χ4n) is 0.742. The maximum Gasteiger partial charge on any atom is 0.470 e. The van der Waals surface area contributed by atoms with Crippen molar-refractivity contribution < 1.29 is 44.1 Å². The number of aliphatic hydroxyl groups is 4. The largest absolute Gasteiger partial charge is 0.470 e. The molecule has 16 heavy (non-hydrogen) atoms. The molecule has 0 fully saturated rings. The number of carbonyl (C=O) groups excluding carboxylic acids is 1. The van der Waals surface area contributed by atoms with Crippen molar-refractivity contribution in [1.29, 1.82) is 0 Å². The van der Waals surface area contributed by atoms with Gasteiger partial charge in [-0.15, -0.1) is 0 Å². The first-order valence-electron chi connectivity index (χ1n) is 4.07. The molecule has 0 bridgehead atoms. The normalized spacial score (nSPS) is 17.9. The Kier molecular flexibility index (Phi) is 6.23. The Morgan fingerprint density at radius 2 is 1.75 bits per heavy atom. The highest BCUT2D eigenvalue weighted by Gasteiger charge is 2.31. The standard InChI is InChI=1S/C6H13O9P/c7-1-3(8)5(10)6(11)4(9)2-15-16(12,13)14/h3,5-8,10-11H,1-2H2,(H2,12,13,14)/t3?,5-,6-/m1/s1. The van der Waals surface area contributed by atoms with E-state index in [0.29, 0.717) is 0 Å². The Hall–Kier alpha value is -0.380. The molecular formula is C6H13O9P. The number of aliphatic hydroxyl groups excluding tert-OH is 4. The van der Waals surface area contributed by atoms with Crippen LogP contribution in [0.2, 0.25) is 0 Å². The van der Waals surface area contributed by atoms with Gasteiger partial charge < -0.3 is 30.2 Å². The fraction of sp³-hybridized carbons (Fsp3) is 0.833. The molecule has 0 rings (SSSR count). The van der Waals surface area contributed by atoms with Gasteiger partial charge in [0, 0.05) is 0 Å². The molecule has 1 unspecified atom stereocenters. The third kappa shape index (κ3) is 5.64. The highest BCUT2D eigenvalue weighted by Crippen LogP contribution is 2.35. The van der Waals surface area contributed by atoms with Gasteiger partial charge in [0.25, 0.3) is 0 Å². The van der Waals surface area contributed by atoms with E-state index < -0.39 is 45.1 Å². The van der Waals surface area contributed by atoms with Gasteiger partial charge in [0.1, 0.15) is 24.9 Å². The van der Waals surface area contributed by atoms with Crippen LogP contribution in [0.25, 0.3) is 0 Å². The fourth-order valence-corrected chi connectivity index (χ4v) is 1.04. The van der Waals surface area contributed by atoms with E-state index in [9.17, 15) is 9.36 Å². The Morgan fingerprint density at radius 3 is 2.12 bits per heavy atom. The van der Waals surface area contributed by atoms with E-state index in [4.69, 9.17) is 30.2 Å². The van der Waals surface area contributed by atoms with Crippen molar-refractivity contribution in [3.63, 3.8) is 0 Å². The number of phosphoric ester groups is 1. The molecule has 0 aliphatic heterocycles. The second-order valence-electron chi connectivity index (χ2n) is 2.92. The first kappa shape index (κ1) is 15.6. The van der Waals surface area contributed by atoms with E-state index >= 15 is 0 Å². The van der Waals surface area contributed by atoms with Gasteiger partial charge >= 0.3 is 7.82 Å². The molecule has 0 heterocycles. The lowest BCUT2D eigenvalue weighted by Crippen LogP contribution is -2.45. The summed E-state index contributed by atoms with van der Waals surface area (Å²) in [4.78, 5) is 27.5. The number of rotatable bonds is 7. The second-order valence-corrected chi connectivity index (χ2v) is 4.16. The number of phosphoric acid groups is 1. The third-order valence-electron chi connectivity index (χ3n) is 1.61. The van der Waals surface area contributed by atoms with E-state index in [-0.39, 0.29) is 0 Å². The van der Waals surface area contributed by atoms with E-state index in [1.807, 2.05) is 0 Å². The van der Waals surface area contributed by atoms with Crippen molar-refractivity contribution >= 4 is 13.6 Å². The van der Waals surface area contributed by atoms with Crippen LogP contribution in [0.5, 0.6) is 0 Å². The molecule has 3 atom stereocenters. The first-order chi connectivity index (χ1) is 7.19. The van der Waals surface area contributed by atoms with Crippen LogP contribution >= 0.6 is 7.82 Å². The summed E-state index contributed by atoms with van der Waals surface area (Å²) in [5.41, 5.74) is 0. The van der Waals surface area contributed by atoms with Crippen molar-refractivity contribution in [3.05, 3.63) is 0 Å². The van der Waals surface area contributed by atoms with Crippen molar-refractivity contribution in [2.45, 2.75) is 18.3 Å². The molecule has 9 nitrogen and oxygen atoms in total. The van der Waals surface area contributed by atoms with Crippen LogP contribution < -0.4 is 0 Å². The van der Waals surface area contributed by atoms with Gasteiger partial charge in [-0.2, -0.15) is 0 Å². The lowest BCUT2D eigenvalue weighted by atomic mass is 10.1. The number of hydrogen-bond donors (Lipinski definition) is 6. The first-order valence-corrected chi connectivity index (χ1v) is 5.60. The number of ketones is 1. The smallest absolute Gasteiger partial charge is 0.394 e. The summed E-state index contributed by atoms with van der Waals surface area (Å²) in [6, 6.07) is 0. The van der Waals surface area contributed by atoms with Crippen LogP contribution in [0, 0.1) is 0 Å². The SMILES string of the molecule is O=C(COP(=O)(O)O)[C@@H](O)[C@H](O)C(O)CO. The van der Waals surface area contributed by atoms with Crippen molar-refractivity contribution in [2.24, 2.45) is 0 Å². The second kappa shape index (κ2) is 6.38. The average Bonchev–Trinajstić information content (AvgIpc) is 2.21. The maximum absolute atomic E-state index is 11.0. The van der Waals surface area contributed by atoms with Gasteiger partial charge in [0.2, 0.25) is 0 Å². The van der Waals surface area contributed by atoms with Gasteiger partial charge in [-0.1, -0.05) is 0 Å². The quantitative estimate of drug-likeness (QED) is 0.258. The number of Topliss-reactive ketones (excluding diaryl/α,β-unsaturated/α-hetero) is 1. The Morgan fingerprint density at radius 1 is 1.25 bits per heavy atom. The van der Waals surface area contributed by atoms with Gasteiger partial charge in [-0.25, -0.2) is 4.57 Å². The van der Waals surface area contributed by atoms with Gasteiger partial charge in [0.05, 0.1) is 6.61 Å². The zero-order valence-electron chi connectivity index (χ0n) is 8.00. The zero-order valence-corrected chi connectivity index (χ0v) is 8.90. The molecule has 10 heteroatoms. The molecule has 0 radical (unpaired) electrons. The predicted molar refractivity (Wildman–Crippen MR) is 48.1 cm³/mol. The molecule has 0 spiro atoms. The Bertz CT molecular complexity index is 273. The summed E-state index contributed by atoms with van der Waals surface area (Å²) in [5.74, 6) is -1.23. The van der Waals surface area contributed by atoms with Crippen molar-refractivity contribution in [3.8, 4) is 0 Å². The molecule has 0 aromatic carbocycles. The van der Waals surface area contributed by atoms with E-state index in [2.05, 4.69) is 4.52 Å². The minimum absolute atomic E-state index is 0.884. The molecule has 96 valence electrons. The lowest BCUT2D eigenvalue weighted by Gasteiger charge is -2.20. The van der Waals surface area contributed by atoms with Gasteiger partial charge in [-0.3, -0.25) is 9.32 Å². The molecule has 0 amide bonds. The molecule has 0 aromatic rings. The van der Waals surface area contributed by atoms with Crippen LogP contribution in [0.15, 0.2) is 0 Å². The average molecular weight is 260 g/mol. The zero-order chi connectivity index (χ0) is 12.9. The van der Waals surface area contributed by atoms with Crippen LogP contribution in [-0.4, -0.2) is 67.5 Å². The molecule has 0 saturated heterocycles. The predicted octanol–water partition coefficient (Wildman–Crippen LogP) is -3.26. The van der Waals surface area contributed by atoms with Crippen molar-refractivity contribution in [1.82, 2.24) is 0 Å². The van der Waals surface area contributed by atoms with Crippen molar-refractivity contribution in [2.75, 3.05) is 13.2 Å².